The van der Waals surface area contributed by atoms with Crippen LogP contribution < -0.4 is 14.8 Å². The van der Waals surface area contributed by atoms with E-state index in [2.05, 4.69) is 16.2 Å². The van der Waals surface area contributed by atoms with Crippen molar-refractivity contribution in [2.75, 3.05) is 19.5 Å². The summed E-state index contributed by atoms with van der Waals surface area (Å²) >= 11 is 0. The van der Waals surface area contributed by atoms with Gasteiger partial charge < -0.3 is 14.8 Å². The smallest absolute Gasteiger partial charge is 0.161 e. The van der Waals surface area contributed by atoms with Crippen LogP contribution in [-0.4, -0.2) is 25.2 Å². The number of nitrogens with one attached hydrogen (secondary N) is 1. The fraction of sp³-hybridized carbons (Fsp3) is 0.312. The van der Waals surface area contributed by atoms with E-state index in [9.17, 15) is 0 Å². The third-order valence-corrected chi connectivity index (χ3v) is 3.08. The number of aromatic nitrogens is 1. The van der Waals surface area contributed by atoms with E-state index in [-0.39, 0.29) is 6.04 Å². The van der Waals surface area contributed by atoms with Crippen LogP contribution in [-0.2, 0) is 0 Å². The normalized spacial score (nSPS) is 11.7. The predicted octanol–water partition coefficient (Wildman–Crippen LogP) is 3.08. The molecule has 0 radical (unpaired) electrons. The van der Waals surface area contributed by atoms with Crippen LogP contribution in [0.5, 0.6) is 11.5 Å². The average molecular weight is 270 g/mol. The molecule has 4 nitrogen and oxygen atoms in total. The van der Waals surface area contributed by atoms with Gasteiger partial charge in [0.15, 0.2) is 11.5 Å². The van der Waals surface area contributed by atoms with E-state index in [1.54, 1.807) is 20.4 Å². The monoisotopic (exact) mass is 270 g/mol. The highest BCUT2D eigenvalue weighted by Crippen LogP contribution is 2.34. The van der Waals surface area contributed by atoms with Gasteiger partial charge in [-0.15, -0.1) is 12.3 Å². The summed E-state index contributed by atoms with van der Waals surface area (Å²) in [7, 11) is 3.24. The highest BCUT2D eigenvalue weighted by Gasteiger charge is 2.11. The molecule has 20 heavy (non-hydrogen) atoms. The molecule has 1 heterocycles. The number of hydrogen-bond donors (Lipinski definition) is 1. The molecule has 0 saturated carbocycles. The number of hydrogen-bond acceptors (Lipinski definition) is 4. The van der Waals surface area contributed by atoms with Gasteiger partial charge in [-0.3, -0.25) is 0 Å². The largest absolute Gasteiger partial charge is 0.493 e. The number of terminal acetylenes is 1. The van der Waals surface area contributed by atoms with E-state index in [4.69, 9.17) is 15.9 Å². The molecular weight excluding hydrogens is 252 g/mol. The number of nitrogens with zero attached hydrogens (tertiary/aromatic N) is 1. The second-order valence-corrected chi connectivity index (χ2v) is 4.54. The van der Waals surface area contributed by atoms with Gasteiger partial charge in [0.25, 0.3) is 0 Å². The maximum Gasteiger partial charge on any atom is 0.161 e. The Labute approximate surface area is 119 Å². The summed E-state index contributed by atoms with van der Waals surface area (Å²) in [6.45, 7) is 2.03. The third kappa shape index (κ3) is 2.77. The Hall–Kier alpha value is -2.41. The zero-order valence-electron chi connectivity index (χ0n) is 11.9. The minimum absolute atomic E-state index is 0.159. The molecule has 0 bridgehead atoms. The van der Waals surface area contributed by atoms with Crippen molar-refractivity contribution in [3.05, 3.63) is 24.4 Å². The maximum absolute atomic E-state index is 5.34. The third-order valence-electron chi connectivity index (χ3n) is 3.08. The quantitative estimate of drug-likeness (QED) is 0.848. The summed E-state index contributed by atoms with van der Waals surface area (Å²) in [5, 5.41) is 5.34. The van der Waals surface area contributed by atoms with Gasteiger partial charge in [0.1, 0.15) is 5.82 Å². The molecule has 1 N–H and O–H groups in total. The first-order chi connectivity index (χ1) is 9.69. The van der Waals surface area contributed by atoms with E-state index in [0.717, 1.165) is 16.6 Å². The van der Waals surface area contributed by atoms with Crippen LogP contribution in [0.4, 0.5) is 5.82 Å². The molecule has 1 atom stereocenters. The molecule has 4 heteroatoms. The van der Waals surface area contributed by atoms with Gasteiger partial charge in [0.2, 0.25) is 0 Å². The van der Waals surface area contributed by atoms with Gasteiger partial charge in [0.05, 0.1) is 14.2 Å². The summed E-state index contributed by atoms with van der Waals surface area (Å²) in [6, 6.07) is 5.96. The molecule has 0 aliphatic rings. The average Bonchev–Trinajstić information content (AvgIpc) is 2.46. The zero-order chi connectivity index (χ0) is 14.5. The molecule has 1 aromatic heterocycles. The van der Waals surface area contributed by atoms with Crippen LogP contribution in [0.3, 0.4) is 0 Å². The fourth-order valence-corrected chi connectivity index (χ4v) is 2.08. The Bertz CT molecular complexity index is 647. The summed E-state index contributed by atoms with van der Waals surface area (Å²) < 4.78 is 10.7. The van der Waals surface area contributed by atoms with Crippen LogP contribution in [0.1, 0.15) is 13.3 Å². The van der Waals surface area contributed by atoms with Crippen LogP contribution >= 0.6 is 0 Å². The molecule has 0 aliphatic heterocycles. The molecule has 0 fully saturated rings. The number of anilines is 1. The lowest BCUT2D eigenvalue weighted by Crippen LogP contribution is -2.15. The van der Waals surface area contributed by atoms with Gasteiger partial charge in [0, 0.05) is 24.0 Å². The van der Waals surface area contributed by atoms with Crippen LogP contribution in [0.25, 0.3) is 10.8 Å². The second-order valence-electron chi connectivity index (χ2n) is 4.54. The van der Waals surface area contributed by atoms with E-state index >= 15 is 0 Å². The Morgan fingerprint density at radius 3 is 2.65 bits per heavy atom. The van der Waals surface area contributed by atoms with Crippen molar-refractivity contribution in [1.82, 2.24) is 4.98 Å². The first kappa shape index (κ1) is 14.0. The van der Waals surface area contributed by atoms with Gasteiger partial charge >= 0.3 is 0 Å². The Kier molecular flexibility index (Phi) is 4.31. The topological polar surface area (TPSA) is 43.4 Å². The van der Waals surface area contributed by atoms with Crippen LogP contribution in [0.2, 0.25) is 0 Å². The fourth-order valence-electron chi connectivity index (χ4n) is 2.08. The van der Waals surface area contributed by atoms with E-state index in [0.29, 0.717) is 17.9 Å². The van der Waals surface area contributed by atoms with Gasteiger partial charge in [-0.1, -0.05) is 0 Å². The molecule has 0 spiro atoms. The molecule has 0 aliphatic carbocycles. The predicted molar refractivity (Wildman–Crippen MR) is 81.4 cm³/mol. The summed E-state index contributed by atoms with van der Waals surface area (Å²) in [6.07, 6.45) is 7.74. The zero-order valence-corrected chi connectivity index (χ0v) is 11.9. The molecule has 2 rings (SSSR count). The molecular formula is C16H18N2O2. The second kappa shape index (κ2) is 6.16. The highest BCUT2D eigenvalue weighted by atomic mass is 16.5. The standard InChI is InChI=1S/C16H18N2O2/c1-5-6-11(2)18-16-13-10-15(20-4)14(19-3)9-12(13)7-8-17-16/h1,7-11H,6H2,2-4H3,(H,17,18). The van der Waals surface area contributed by atoms with Crippen molar-refractivity contribution < 1.29 is 9.47 Å². The SMILES string of the molecule is C#CCC(C)Nc1nccc2cc(OC)c(OC)cc12. The van der Waals surface area contributed by atoms with Crippen molar-refractivity contribution in [3.8, 4) is 23.8 Å². The number of rotatable bonds is 5. The number of methoxy groups -OCH3 is 2. The van der Waals surface area contributed by atoms with Crippen molar-refractivity contribution in [1.29, 1.82) is 0 Å². The molecule has 0 amide bonds. The molecule has 2 aromatic rings. The number of fused-ring (bicyclic) bond motifs is 1. The minimum atomic E-state index is 0.159. The van der Waals surface area contributed by atoms with Crippen molar-refractivity contribution >= 4 is 16.6 Å². The van der Waals surface area contributed by atoms with Crippen molar-refractivity contribution in [2.45, 2.75) is 19.4 Å². The van der Waals surface area contributed by atoms with Crippen LogP contribution in [0, 0.1) is 12.3 Å². The first-order valence-corrected chi connectivity index (χ1v) is 6.40. The lowest BCUT2D eigenvalue weighted by atomic mass is 10.1. The Balaban J connectivity index is 2.48. The van der Waals surface area contributed by atoms with E-state index in [1.165, 1.54) is 0 Å². The molecule has 1 unspecified atom stereocenters. The molecule has 104 valence electrons. The summed E-state index contributed by atoms with van der Waals surface area (Å²) in [4.78, 5) is 4.38. The van der Waals surface area contributed by atoms with Crippen LogP contribution in [0.15, 0.2) is 24.4 Å². The van der Waals surface area contributed by atoms with Gasteiger partial charge in [-0.05, 0) is 30.5 Å². The lowest BCUT2D eigenvalue weighted by molar-refractivity contribution is 0.356. The lowest BCUT2D eigenvalue weighted by Gasteiger charge is -2.15. The molecule has 0 saturated heterocycles. The van der Waals surface area contributed by atoms with Gasteiger partial charge in [-0.2, -0.15) is 0 Å². The number of ether oxygens (including phenoxy) is 2. The first-order valence-electron chi connectivity index (χ1n) is 6.40. The summed E-state index contributed by atoms with van der Waals surface area (Å²) in [5.74, 6) is 4.82. The summed E-state index contributed by atoms with van der Waals surface area (Å²) in [5.41, 5.74) is 0. The minimum Gasteiger partial charge on any atom is -0.493 e. The molecule has 1 aromatic carbocycles. The maximum atomic E-state index is 5.34. The highest BCUT2D eigenvalue weighted by molar-refractivity contribution is 5.94. The van der Waals surface area contributed by atoms with Crippen molar-refractivity contribution in [2.24, 2.45) is 0 Å². The Morgan fingerprint density at radius 1 is 1.30 bits per heavy atom. The van der Waals surface area contributed by atoms with E-state index < -0.39 is 0 Å². The number of benzene rings is 1. The van der Waals surface area contributed by atoms with Crippen molar-refractivity contribution in [3.63, 3.8) is 0 Å². The van der Waals surface area contributed by atoms with Gasteiger partial charge in [-0.25, -0.2) is 4.98 Å². The van der Waals surface area contributed by atoms with E-state index in [1.807, 2.05) is 25.1 Å². The number of pyridine rings is 1. The Morgan fingerprint density at radius 2 is 2.00 bits per heavy atom.